The molecule has 3 rings (SSSR count). The fourth-order valence-electron chi connectivity index (χ4n) is 2.19. The fraction of sp³-hybridized carbons (Fsp3) is 0.167. The third-order valence-electron chi connectivity index (χ3n) is 3.22. The van der Waals surface area contributed by atoms with Crippen LogP contribution in [-0.4, -0.2) is 18.7 Å². The first-order valence-electron chi connectivity index (χ1n) is 7.14. The number of benzene rings is 2. The normalized spacial score (nSPS) is 11.2. The zero-order chi connectivity index (χ0) is 15.4. The van der Waals surface area contributed by atoms with E-state index < -0.39 is 0 Å². The average Bonchev–Trinajstić information content (AvgIpc) is 2.96. The molecule has 4 nitrogen and oxygen atoms in total. The Kier molecular flexibility index (Phi) is 4.10. The lowest BCUT2D eigenvalue weighted by Gasteiger charge is -2.09. The summed E-state index contributed by atoms with van der Waals surface area (Å²) in [5, 5.41) is 0. The van der Waals surface area contributed by atoms with E-state index in [0.717, 1.165) is 28.2 Å². The van der Waals surface area contributed by atoms with Crippen LogP contribution in [0.2, 0.25) is 0 Å². The molecule has 0 bridgehead atoms. The number of aromatic nitrogens is 1. The molecule has 22 heavy (non-hydrogen) atoms. The van der Waals surface area contributed by atoms with Crippen LogP contribution >= 0.6 is 0 Å². The van der Waals surface area contributed by atoms with Gasteiger partial charge in [0.25, 0.3) is 0 Å². The van der Waals surface area contributed by atoms with Crippen LogP contribution in [-0.2, 0) is 0 Å². The second-order valence-electron chi connectivity index (χ2n) is 4.70. The molecule has 0 spiro atoms. The standard InChI is InChI=1S/C18H17NO3/c1-3-21-17-12-13(8-10-16(17)20-2)9-11-18-19-14-6-4-5-7-15(14)22-18/h4-12H,3H2,1-2H3. The fourth-order valence-corrected chi connectivity index (χ4v) is 2.19. The van der Waals surface area contributed by atoms with Crippen LogP contribution in [0.1, 0.15) is 18.4 Å². The lowest BCUT2D eigenvalue weighted by Crippen LogP contribution is -1.95. The van der Waals surface area contributed by atoms with Crippen LogP contribution in [0.25, 0.3) is 23.3 Å². The molecule has 0 amide bonds. The summed E-state index contributed by atoms with van der Waals surface area (Å²) >= 11 is 0. The van der Waals surface area contributed by atoms with Gasteiger partial charge in [0.15, 0.2) is 17.1 Å². The quantitative estimate of drug-likeness (QED) is 0.699. The minimum Gasteiger partial charge on any atom is -0.493 e. The van der Waals surface area contributed by atoms with Gasteiger partial charge in [-0.2, -0.15) is 0 Å². The van der Waals surface area contributed by atoms with Crippen molar-refractivity contribution in [2.75, 3.05) is 13.7 Å². The molecule has 0 unspecified atom stereocenters. The topological polar surface area (TPSA) is 44.5 Å². The van der Waals surface area contributed by atoms with Crippen molar-refractivity contribution in [3.05, 3.63) is 53.9 Å². The Balaban J connectivity index is 1.86. The molecule has 0 fully saturated rings. The number of ether oxygens (including phenoxy) is 2. The predicted octanol–water partition coefficient (Wildman–Crippen LogP) is 4.41. The summed E-state index contributed by atoms with van der Waals surface area (Å²) in [5.74, 6) is 2.03. The van der Waals surface area contributed by atoms with Crippen molar-refractivity contribution in [3.8, 4) is 11.5 Å². The number of nitrogens with zero attached hydrogens (tertiary/aromatic N) is 1. The minimum absolute atomic E-state index is 0.579. The Morgan fingerprint density at radius 1 is 1.09 bits per heavy atom. The summed E-state index contributed by atoms with van der Waals surface area (Å²) in [6.45, 7) is 2.54. The second-order valence-corrected chi connectivity index (χ2v) is 4.70. The summed E-state index contributed by atoms with van der Waals surface area (Å²) in [4.78, 5) is 4.41. The van der Waals surface area contributed by atoms with Crippen molar-refractivity contribution in [2.24, 2.45) is 0 Å². The van der Waals surface area contributed by atoms with Gasteiger partial charge in [0.1, 0.15) is 5.52 Å². The molecule has 4 heteroatoms. The largest absolute Gasteiger partial charge is 0.493 e. The summed E-state index contributed by atoms with van der Waals surface area (Å²) < 4.78 is 16.5. The Morgan fingerprint density at radius 2 is 1.95 bits per heavy atom. The van der Waals surface area contributed by atoms with Gasteiger partial charge in [-0.25, -0.2) is 4.98 Å². The van der Waals surface area contributed by atoms with Gasteiger partial charge in [-0.05, 0) is 42.8 Å². The highest BCUT2D eigenvalue weighted by Crippen LogP contribution is 2.28. The van der Waals surface area contributed by atoms with E-state index in [1.54, 1.807) is 7.11 Å². The first kappa shape index (κ1) is 14.2. The Labute approximate surface area is 129 Å². The number of rotatable bonds is 5. The zero-order valence-corrected chi connectivity index (χ0v) is 12.6. The smallest absolute Gasteiger partial charge is 0.220 e. The van der Waals surface area contributed by atoms with E-state index in [-0.39, 0.29) is 0 Å². The molecular formula is C18H17NO3. The zero-order valence-electron chi connectivity index (χ0n) is 12.6. The SMILES string of the molecule is CCOc1cc(C=Cc2nc3ccccc3o2)ccc1OC. The van der Waals surface area contributed by atoms with Gasteiger partial charge in [0, 0.05) is 6.08 Å². The highest BCUT2D eigenvalue weighted by atomic mass is 16.5. The number of oxazole rings is 1. The van der Waals surface area contributed by atoms with Gasteiger partial charge in [-0.1, -0.05) is 18.2 Å². The van der Waals surface area contributed by atoms with Crippen LogP contribution in [0.3, 0.4) is 0 Å². The Bertz CT molecular complexity index is 772. The number of methoxy groups -OCH3 is 1. The average molecular weight is 295 g/mol. The van der Waals surface area contributed by atoms with Gasteiger partial charge in [0.2, 0.25) is 5.89 Å². The van der Waals surface area contributed by atoms with Crippen LogP contribution in [0, 0.1) is 0 Å². The summed E-state index contributed by atoms with van der Waals surface area (Å²) in [5.41, 5.74) is 2.63. The van der Waals surface area contributed by atoms with Gasteiger partial charge in [-0.3, -0.25) is 0 Å². The Morgan fingerprint density at radius 3 is 2.73 bits per heavy atom. The van der Waals surface area contributed by atoms with Crippen molar-refractivity contribution in [2.45, 2.75) is 6.92 Å². The highest BCUT2D eigenvalue weighted by molar-refractivity contribution is 5.76. The van der Waals surface area contributed by atoms with Crippen molar-refractivity contribution in [3.63, 3.8) is 0 Å². The van der Waals surface area contributed by atoms with E-state index in [1.165, 1.54) is 0 Å². The number of fused-ring (bicyclic) bond motifs is 1. The predicted molar refractivity (Wildman–Crippen MR) is 87.1 cm³/mol. The molecule has 0 aliphatic carbocycles. The Hall–Kier alpha value is -2.75. The van der Waals surface area contributed by atoms with Crippen molar-refractivity contribution < 1.29 is 13.9 Å². The maximum absolute atomic E-state index is 5.66. The lowest BCUT2D eigenvalue weighted by molar-refractivity contribution is 0.311. The van der Waals surface area contributed by atoms with E-state index in [2.05, 4.69) is 4.98 Å². The van der Waals surface area contributed by atoms with Gasteiger partial charge < -0.3 is 13.9 Å². The van der Waals surface area contributed by atoms with Gasteiger partial charge >= 0.3 is 0 Å². The van der Waals surface area contributed by atoms with Crippen LogP contribution in [0.4, 0.5) is 0 Å². The van der Waals surface area contributed by atoms with E-state index in [0.29, 0.717) is 12.5 Å². The van der Waals surface area contributed by atoms with Crippen molar-refractivity contribution in [1.82, 2.24) is 4.98 Å². The van der Waals surface area contributed by atoms with E-state index in [9.17, 15) is 0 Å². The molecule has 0 aliphatic rings. The maximum Gasteiger partial charge on any atom is 0.220 e. The summed E-state index contributed by atoms with van der Waals surface area (Å²) in [6, 6.07) is 13.5. The van der Waals surface area contributed by atoms with Gasteiger partial charge in [-0.15, -0.1) is 0 Å². The molecule has 0 saturated carbocycles. The lowest BCUT2D eigenvalue weighted by atomic mass is 10.2. The van der Waals surface area contributed by atoms with Gasteiger partial charge in [0.05, 0.1) is 13.7 Å². The molecule has 0 N–H and O–H groups in total. The molecule has 3 aromatic rings. The van der Waals surface area contributed by atoms with Crippen molar-refractivity contribution in [1.29, 1.82) is 0 Å². The first-order valence-corrected chi connectivity index (χ1v) is 7.14. The van der Waals surface area contributed by atoms with E-state index >= 15 is 0 Å². The minimum atomic E-state index is 0.579. The van der Waals surface area contributed by atoms with E-state index in [4.69, 9.17) is 13.9 Å². The molecule has 112 valence electrons. The molecule has 0 atom stereocenters. The molecule has 2 aromatic carbocycles. The molecule has 1 heterocycles. The van der Waals surface area contributed by atoms with Crippen LogP contribution in [0.5, 0.6) is 11.5 Å². The first-order chi connectivity index (χ1) is 10.8. The highest BCUT2D eigenvalue weighted by Gasteiger charge is 2.05. The molecule has 1 aromatic heterocycles. The summed E-state index contributed by atoms with van der Waals surface area (Å²) in [6.07, 6.45) is 3.78. The maximum atomic E-state index is 5.66. The summed E-state index contributed by atoms with van der Waals surface area (Å²) in [7, 11) is 1.63. The van der Waals surface area contributed by atoms with Crippen molar-refractivity contribution >= 4 is 23.3 Å². The number of para-hydroxylation sites is 2. The monoisotopic (exact) mass is 295 g/mol. The molecule has 0 radical (unpaired) electrons. The molecular weight excluding hydrogens is 278 g/mol. The third-order valence-corrected chi connectivity index (χ3v) is 3.22. The van der Waals surface area contributed by atoms with Crippen LogP contribution in [0.15, 0.2) is 46.9 Å². The number of hydrogen-bond donors (Lipinski definition) is 0. The number of hydrogen-bond acceptors (Lipinski definition) is 4. The molecule has 0 saturated heterocycles. The van der Waals surface area contributed by atoms with Crippen LogP contribution < -0.4 is 9.47 Å². The second kappa shape index (κ2) is 6.35. The molecule has 0 aliphatic heterocycles. The van der Waals surface area contributed by atoms with E-state index in [1.807, 2.05) is 61.5 Å². The third kappa shape index (κ3) is 2.96.